The molecule has 0 aromatic carbocycles. The highest BCUT2D eigenvalue weighted by molar-refractivity contribution is 5.78. The highest BCUT2D eigenvalue weighted by atomic mass is 16.6. The van der Waals surface area contributed by atoms with Crippen molar-refractivity contribution in [1.29, 1.82) is 0 Å². The van der Waals surface area contributed by atoms with Gasteiger partial charge < -0.3 is 28.4 Å². The number of fused-ring (bicyclic) bond motifs is 16. The second-order valence-electron chi connectivity index (χ2n) is 39.0. The van der Waals surface area contributed by atoms with Crippen LogP contribution in [0.5, 0.6) is 0 Å². The van der Waals surface area contributed by atoms with Crippen molar-refractivity contribution in [3.8, 4) is 0 Å². The molecule has 14 aliphatic rings. The molecule has 14 fully saturated rings. The van der Waals surface area contributed by atoms with Gasteiger partial charge in [0.15, 0.2) is 0 Å². The smallest absolute Gasteiger partial charge is 0.312 e. The van der Waals surface area contributed by atoms with Crippen molar-refractivity contribution in [1.82, 2.24) is 0 Å². The number of carbonyl (C=O) groups excluding carboxylic acids is 6. The molecule has 15 unspecified atom stereocenters. The summed E-state index contributed by atoms with van der Waals surface area (Å²) in [6.07, 6.45) is 36.6. The minimum atomic E-state index is -0.345. The maximum Gasteiger partial charge on any atom is 0.312 e. The summed E-state index contributed by atoms with van der Waals surface area (Å²) in [5, 5.41) is 0. The molecule has 12 bridgehead atoms. The van der Waals surface area contributed by atoms with Crippen LogP contribution in [0.25, 0.3) is 0 Å². The Labute approximate surface area is 591 Å². The molecule has 0 aliphatic heterocycles. The zero-order valence-electron chi connectivity index (χ0n) is 66.0. The van der Waals surface area contributed by atoms with E-state index in [1.807, 2.05) is 104 Å². The van der Waals surface area contributed by atoms with Crippen LogP contribution < -0.4 is 0 Å². The summed E-state index contributed by atoms with van der Waals surface area (Å²) in [6.45, 7) is 43.0. The number of esters is 6. The van der Waals surface area contributed by atoms with E-state index in [1.54, 1.807) is 0 Å². The summed E-state index contributed by atoms with van der Waals surface area (Å²) in [4.78, 5) is 71.8. The van der Waals surface area contributed by atoms with Crippen LogP contribution in [0.2, 0.25) is 0 Å². The molecular formula is C85H144O12. The van der Waals surface area contributed by atoms with Gasteiger partial charge in [0.25, 0.3) is 0 Å². The molecule has 14 rings (SSSR count). The number of hydrogen-bond donors (Lipinski definition) is 0. The average molecular weight is 1360 g/mol. The van der Waals surface area contributed by atoms with E-state index in [0.717, 1.165) is 154 Å². The van der Waals surface area contributed by atoms with E-state index in [1.165, 1.54) is 116 Å². The van der Waals surface area contributed by atoms with Crippen LogP contribution in [0.4, 0.5) is 0 Å². The van der Waals surface area contributed by atoms with Gasteiger partial charge in [-0.25, -0.2) is 0 Å². The molecule has 0 N–H and O–H groups in total. The number of ether oxygens (including phenoxy) is 6. The minimum Gasteiger partial charge on any atom is -0.469 e. The van der Waals surface area contributed by atoms with Crippen molar-refractivity contribution in [2.75, 3.05) is 7.11 Å². The summed E-state index contributed by atoms with van der Waals surface area (Å²) in [5.74, 6) is 12.1. The lowest BCUT2D eigenvalue weighted by atomic mass is 9.54. The van der Waals surface area contributed by atoms with E-state index in [-0.39, 0.29) is 104 Å². The second kappa shape index (κ2) is 31.0. The lowest BCUT2D eigenvalue weighted by Gasteiger charge is -2.56. The third-order valence-electron chi connectivity index (χ3n) is 30.4. The quantitative estimate of drug-likeness (QED) is 0.0772. The van der Waals surface area contributed by atoms with E-state index < -0.39 is 0 Å². The van der Waals surface area contributed by atoms with Crippen LogP contribution in [0, 0.1) is 126 Å². The average Bonchev–Trinajstić information content (AvgIpc) is 1.60. The Morgan fingerprint density at radius 1 is 0.371 bits per heavy atom. The van der Waals surface area contributed by atoms with Gasteiger partial charge in [-0.05, 0) is 351 Å². The Bertz CT molecular complexity index is 2650. The van der Waals surface area contributed by atoms with Crippen molar-refractivity contribution in [3.63, 3.8) is 0 Å². The van der Waals surface area contributed by atoms with Gasteiger partial charge in [-0.3, -0.25) is 28.8 Å². The van der Waals surface area contributed by atoms with Gasteiger partial charge in [-0.15, -0.1) is 0 Å². The van der Waals surface area contributed by atoms with Crippen LogP contribution in [0.1, 0.15) is 338 Å². The minimum absolute atomic E-state index is 0.0143. The maximum atomic E-state index is 12.4. The zero-order chi connectivity index (χ0) is 71.8. The standard InChI is InChI=1S/C18H28O2.2C16H26O2.C16H28O2.C12H22O2.C7H14O2/c1-4-18(2,3)17(19)20-14-9-12-8-13(14)16-11-6-5-10(7-11)15(12)16;1-4-15(2,3)14(17)18-16-8-11-5-12(9-16)7-13(6-11)10-16;1-4-16(2,3)15(17)18-14-9-10-8-13(14)12-7-5-6-11(10)12;1-7-14(2,3)13(17)18-12-10-11-8-9-16(12,6)15(11,4)5;1-4-12(2,3)11(13)14-10-8-6-5-7-9-10;1-5-7(2,3)6(8)9-4/h10-16H,4-9H2,1-3H3;11-13H,4-10H2,1-3H3;10-14H,4-9H2,1-3H3;11-12H,7-10H2,1-6H3;10H,4-9H2,1-3H3;5H2,1-4H3. The first-order valence-corrected chi connectivity index (χ1v) is 40.4. The molecule has 12 heteroatoms. The SMILES string of the molecule is CCC(C)(C)C(=O)OC.CCC(C)(C)C(=O)OC12CC3CC(CC(C3)C1)C2.CCC(C)(C)C(=O)OC1CC2CC1C1C3CCC(C3)C21.CCC(C)(C)C(=O)OC1CC2CC1C1CCCC21.CCC(C)(C)C(=O)OC1CC2CCC1(C)C2(C)C.CCC(C)(C)C(=O)OC1CCCCC1. The highest BCUT2D eigenvalue weighted by Gasteiger charge is 2.65. The van der Waals surface area contributed by atoms with Gasteiger partial charge in [0.1, 0.15) is 30.0 Å². The Morgan fingerprint density at radius 3 is 1.25 bits per heavy atom. The molecule has 556 valence electrons. The van der Waals surface area contributed by atoms with Crippen LogP contribution in [0.15, 0.2) is 0 Å². The van der Waals surface area contributed by atoms with Gasteiger partial charge in [-0.2, -0.15) is 0 Å². The molecular weight excluding hydrogens is 1210 g/mol. The van der Waals surface area contributed by atoms with Gasteiger partial charge in [-0.1, -0.05) is 75.2 Å². The Kier molecular flexibility index (Phi) is 25.4. The van der Waals surface area contributed by atoms with Crippen molar-refractivity contribution in [2.45, 2.75) is 368 Å². The molecule has 15 atom stereocenters. The van der Waals surface area contributed by atoms with E-state index >= 15 is 0 Å². The molecule has 14 aliphatic carbocycles. The lowest BCUT2D eigenvalue weighted by molar-refractivity contribution is -0.196. The fourth-order valence-electron chi connectivity index (χ4n) is 21.1. The van der Waals surface area contributed by atoms with Crippen molar-refractivity contribution < 1.29 is 57.2 Å². The molecule has 0 aromatic rings. The van der Waals surface area contributed by atoms with Gasteiger partial charge in [0, 0.05) is 5.41 Å². The lowest BCUT2D eigenvalue weighted by Crippen LogP contribution is -2.53. The van der Waals surface area contributed by atoms with E-state index in [9.17, 15) is 28.8 Å². The molecule has 97 heavy (non-hydrogen) atoms. The van der Waals surface area contributed by atoms with Gasteiger partial charge in [0.2, 0.25) is 0 Å². The van der Waals surface area contributed by atoms with Crippen LogP contribution in [-0.2, 0) is 57.2 Å². The second-order valence-corrected chi connectivity index (χ2v) is 39.0. The van der Waals surface area contributed by atoms with Crippen molar-refractivity contribution in [2.24, 2.45) is 126 Å². The van der Waals surface area contributed by atoms with E-state index in [0.29, 0.717) is 17.3 Å². The summed E-state index contributed by atoms with van der Waals surface area (Å²) in [7, 11) is 1.42. The largest absolute Gasteiger partial charge is 0.469 e. The van der Waals surface area contributed by atoms with Crippen LogP contribution in [0.3, 0.4) is 0 Å². The normalized spacial score (nSPS) is 36.5. The Hall–Kier alpha value is -3.18. The third-order valence-corrected chi connectivity index (χ3v) is 30.4. The molecule has 0 amide bonds. The predicted octanol–water partition coefficient (Wildman–Crippen LogP) is 20.8. The molecule has 0 radical (unpaired) electrons. The van der Waals surface area contributed by atoms with Crippen molar-refractivity contribution in [3.05, 3.63) is 0 Å². The first kappa shape index (κ1) is 79.5. The number of methoxy groups -OCH3 is 1. The van der Waals surface area contributed by atoms with Gasteiger partial charge in [0.05, 0.1) is 39.6 Å². The van der Waals surface area contributed by atoms with E-state index in [2.05, 4.69) is 46.3 Å². The first-order valence-electron chi connectivity index (χ1n) is 40.4. The summed E-state index contributed by atoms with van der Waals surface area (Å²) >= 11 is 0. The predicted molar refractivity (Wildman–Crippen MR) is 386 cm³/mol. The number of rotatable bonds is 17. The topological polar surface area (TPSA) is 158 Å². The fourth-order valence-corrected chi connectivity index (χ4v) is 21.1. The third kappa shape index (κ3) is 17.2. The van der Waals surface area contributed by atoms with Crippen molar-refractivity contribution >= 4 is 35.8 Å². The van der Waals surface area contributed by atoms with Gasteiger partial charge >= 0.3 is 35.8 Å². The first-order chi connectivity index (χ1) is 45.2. The Balaban J connectivity index is 0.000000151. The number of hydrogen-bond acceptors (Lipinski definition) is 12. The zero-order valence-corrected chi connectivity index (χ0v) is 66.0. The van der Waals surface area contributed by atoms with Crippen LogP contribution in [-0.4, -0.2) is 72.9 Å². The summed E-state index contributed by atoms with van der Waals surface area (Å²) < 4.78 is 33.9. The molecule has 0 aromatic heterocycles. The van der Waals surface area contributed by atoms with E-state index in [4.69, 9.17) is 23.7 Å². The summed E-state index contributed by atoms with van der Waals surface area (Å²) in [5.41, 5.74) is -1.48. The number of carbonyl (C=O) groups is 6. The molecule has 0 saturated heterocycles. The Morgan fingerprint density at radius 2 is 0.794 bits per heavy atom. The summed E-state index contributed by atoms with van der Waals surface area (Å²) in [6, 6.07) is 0. The molecule has 12 nitrogen and oxygen atoms in total. The monoisotopic (exact) mass is 1360 g/mol. The maximum absolute atomic E-state index is 12.4. The highest BCUT2D eigenvalue weighted by Crippen LogP contribution is 2.69. The molecule has 0 heterocycles. The molecule has 14 saturated carbocycles. The molecule has 0 spiro atoms. The van der Waals surface area contributed by atoms with Crippen LogP contribution >= 0.6 is 0 Å². The fraction of sp³-hybridized carbons (Fsp3) is 0.929.